The number of hydrogen-bond acceptors (Lipinski definition) is 2. The number of halogens is 2. The third-order valence-electron chi connectivity index (χ3n) is 3.07. The number of amides is 1. The summed E-state index contributed by atoms with van der Waals surface area (Å²) in [6, 6.07) is 6.12. The summed E-state index contributed by atoms with van der Waals surface area (Å²) >= 11 is 2.24. The van der Waals surface area contributed by atoms with Crippen molar-refractivity contribution in [1.82, 2.24) is 10.6 Å². The molecular formula is C13H18ClIN2O. The summed E-state index contributed by atoms with van der Waals surface area (Å²) in [7, 11) is 0. The Bertz CT molecular complexity index is 419. The lowest BCUT2D eigenvalue weighted by Gasteiger charge is -2.24. The smallest absolute Gasteiger partial charge is 0.252 e. The molecule has 0 unspecified atom stereocenters. The van der Waals surface area contributed by atoms with E-state index in [4.69, 9.17) is 0 Å². The molecule has 0 spiro atoms. The van der Waals surface area contributed by atoms with Crippen LogP contribution in [0.25, 0.3) is 0 Å². The van der Waals surface area contributed by atoms with Crippen LogP contribution in [-0.2, 0) is 0 Å². The maximum atomic E-state index is 12.1. The molecule has 1 aliphatic rings. The highest BCUT2D eigenvalue weighted by molar-refractivity contribution is 14.1. The van der Waals surface area contributed by atoms with Gasteiger partial charge in [0.2, 0.25) is 0 Å². The molecule has 2 N–H and O–H groups in total. The topological polar surface area (TPSA) is 41.1 Å². The Morgan fingerprint density at radius 3 is 2.94 bits per heavy atom. The van der Waals surface area contributed by atoms with Gasteiger partial charge in [-0.05, 0) is 60.5 Å². The first kappa shape index (κ1) is 15.7. The standard InChI is InChI=1S/C13H17IN2O.ClH/c1-9-4-2-6-11(12(9)14)13(17)16-10-5-3-7-15-8-10;/h2,4,6,10,15H,3,5,7-8H2,1H3,(H,16,17);1H/t10-;/m0./s1. The Labute approximate surface area is 128 Å². The zero-order valence-electron chi connectivity index (χ0n) is 10.3. The van der Waals surface area contributed by atoms with E-state index in [2.05, 4.69) is 33.2 Å². The minimum absolute atomic E-state index is 0. The molecule has 0 bridgehead atoms. The van der Waals surface area contributed by atoms with Crippen LogP contribution in [-0.4, -0.2) is 25.0 Å². The molecule has 18 heavy (non-hydrogen) atoms. The van der Waals surface area contributed by atoms with E-state index in [9.17, 15) is 4.79 Å². The van der Waals surface area contributed by atoms with Crippen molar-refractivity contribution in [3.05, 3.63) is 32.9 Å². The van der Waals surface area contributed by atoms with E-state index in [1.54, 1.807) is 0 Å². The van der Waals surface area contributed by atoms with Gasteiger partial charge in [-0.25, -0.2) is 0 Å². The van der Waals surface area contributed by atoms with Crippen LogP contribution in [0.3, 0.4) is 0 Å². The van der Waals surface area contributed by atoms with Crippen molar-refractivity contribution in [2.75, 3.05) is 13.1 Å². The van der Waals surface area contributed by atoms with E-state index >= 15 is 0 Å². The Kier molecular flexibility index (Phi) is 6.38. The zero-order chi connectivity index (χ0) is 12.3. The molecule has 2 rings (SSSR count). The summed E-state index contributed by atoms with van der Waals surface area (Å²) in [6.07, 6.45) is 2.21. The van der Waals surface area contributed by atoms with Crippen LogP contribution in [0.15, 0.2) is 18.2 Å². The van der Waals surface area contributed by atoms with Crippen molar-refractivity contribution in [2.45, 2.75) is 25.8 Å². The average Bonchev–Trinajstić information content (AvgIpc) is 2.34. The van der Waals surface area contributed by atoms with Crippen LogP contribution in [0.2, 0.25) is 0 Å². The summed E-state index contributed by atoms with van der Waals surface area (Å²) in [6.45, 7) is 3.98. The third-order valence-corrected chi connectivity index (χ3v) is 4.50. The quantitative estimate of drug-likeness (QED) is 0.774. The molecule has 100 valence electrons. The van der Waals surface area contributed by atoms with Crippen LogP contribution in [0, 0.1) is 10.5 Å². The van der Waals surface area contributed by atoms with Gasteiger partial charge >= 0.3 is 0 Å². The second kappa shape index (κ2) is 7.31. The number of carbonyl (C=O) groups excluding carboxylic acids is 1. The molecule has 0 saturated carbocycles. The fourth-order valence-corrected chi connectivity index (χ4v) is 2.67. The van der Waals surface area contributed by atoms with Gasteiger partial charge in [0.05, 0.1) is 5.56 Å². The molecular weight excluding hydrogens is 363 g/mol. The molecule has 1 aromatic rings. The van der Waals surface area contributed by atoms with E-state index in [-0.39, 0.29) is 24.4 Å². The summed E-state index contributed by atoms with van der Waals surface area (Å²) in [5.41, 5.74) is 1.94. The van der Waals surface area contributed by atoms with E-state index in [1.165, 1.54) is 0 Å². The van der Waals surface area contributed by atoms with Crippen molar-refractivity contribution < 1.29 is 4.79 Å². The molecule has 1 atom stereocenters. The summed E-state index contributed by atoms with van der Waals surface area (Å²) in [5.74, 6) is 0.0480. The average molecular weight is 381 g/mol. The van der Waals surface area contributed by atoms with Crippen LogP contribution in [0.4, 0.5) is 0 Å². The van der Waals surface area contributed by atoms with Crippen molar-refractivity contribution >= 4 is 40.9 Å². The molecule has 1 amide bonds. The lowest BCUT2D eigenvalue weighted by Crippen LogP contribution is -2.45. The second-order valence-electron chi connectivity index (χ2n) is 4.45. The summed E-state index contributed by atoms with van der Waals surface area (Å²) in [4.78, 5) is 12.1. The number of hydrogen-bond donors (Lipinski definition) is 2. The van der Waals surface area contributed by atoms with Crippen molar-refractivity contribution in [3.8, 4) is 0 Å². The Morgan fingerprint density at radius 2 is 2.28 bits per heavy atom. The number of carbonyl (C=O) groups is 1. The van der Waals surface area contributed by atoms with Crippen LogP contribution >= 0.6 is 35.0 Å². The third kappa shape index (κ3) is 3.83. The van der Waals surface area contributed by atoms with Crippen LogP contribution in [0.5, 0.6) is 0 Å². The number of aryl methyl sites for hydroxylation is 1. The predicted molar refractivity (Wildman–Crippen MR) is 84.5 cm³/mol. The SMILES string of the molecule is Cc1cccc(C(=O)N[C@H]2CCCNC2)c1I.Cl. The Morgan fingerprint density at radius 1 is 1.50 bits per heavy atom. The van der Waals surface area contributed by atoms with Gasteiger partial charge in [0.25, 0.3) is 5.91 Å². The molecule has 0 radical (unpaired) electrons. The van der Waals surface area contributed by atoms with Gasteiger partial charge < -0.3 is 10.6 Å². The number of rotatable bonds is 2. The largest absolute Gasteiger partial charge is 0.348 e. The van der Waals surface area contributed by atoms with Gasteiger partial charge in [-0.3, -0.25) is 4.79 Å². The fraction of sp³-hybridized carbons (Fsp3) is 0.462. The molecule has 5 heteroatoms. The molecule has 1 heterocycles. The molecule has 1 fully saturated rings. The summed E-state index contributed by atoms with van der Waals surface area (Å²) < 4.78 is 1.05. The van der Waals surface area contributed by atoms with Crippen molar-refractivity contribution in [3.63, 3.8) is 0 Å². The van der Waals surface area contributed by atoms with E-state index in [0.29, 0.717) is 0 Å². The lowest BCUT2D eigenvalue weighted by atomic mass is 10.1. The van der Waals surface area contributed by atoms with Gasteiger partial charge in [0.15, 0.2) is 0 Å². The first-order chi connectivity index (χ1) is 8.18. The Balaban J connectivity index is 0.00000162. The maximum Gasteiger partial charge on any atom is 0.252 e. The monoisotopic (exact) mass is 380 g/mol. The molecule has 0 aromatic heterocycles. The van der Waals surface area contributed by atoms with E-state index in [1.807, 2.05) is 25.1 Å². The van der Waals surface area contributed by atoms with Gasteiger partial charge in [-0.1, -0.05) is 12.1 Å². The molecule has 1 saturated heterocycles. The molecule has 3 nitrogen and oxygen atoms in total. The van der Waals surface area contributed by atoms with Gasteiger partial charge in [-0.15, -0.1) is 12.4 Å². The first-order valence-corrected chi connectivity index (χ1v) is 7.03. The van der Waals surface area contributed by atoms with Crippen LogP contribution < -0.4 is 10.6 Å². The van der Waals surface area contributed by atoms with Crippen LogP contribution in [0.1, 0.15) is 28.8 Å². The highest BCUT2D eigenvalue weighted by Gasteiger charge is 2.18. The lowest BCUT2D eigenvalue weighted by molar-refractivity contribution is 0.0929. The van der Waals surface area contributed by atoms with E-state index < -0.39 is 0 Å². The zero-order valence-corrected chi connectivity index (χ0v) is 13.3. The van der Waals surface area contributed by atoms with Crippen molar-refractivity contribution in [1.29, 1.82) is 0 Å². The number of benzene rings is 1. The van der Waals surface area contributed by atoms with Gasteiger partial charge in [-0.2, -0.15) is 0 Å². The minimum atomic E-state index is 0. The molecule has 0 aliphatic carbocycles. The second-order valence-corrected chi connectivity index (χ2v) is 5.53. The normalized spacial score (nSPS) is 18.9. The maximum absolute atomic E-state index is 12.1. The molecule has 1 aromatic carbocycles. The minimum Gasteiger partial charge on any atom is -0.348 e. The highest BCUT2D eigenvalue weighted by atomic mass is 127. The predicted octanol–water partition coefficient (Wildman–Crippen LogP) is 2.50. The fourth-order valence-electron chi connectivity index (χ4n) is 2.06. The number of piperidine rings is 1. The van der Waals surface area contributed by atoms with Gasteiger partial charge in [0, 0.05) is 16.2 Å². The Hall–Kier alpha value is -0.330. The number of nitrogens with one attached hydrogen (secondary N) is 2. The van der Waals surface area contributed by atoms with Crippen molar-refractivity contribution in [2.24, 2.45) is 0 Å². The van der Waals surface area contributed by atoms with E-state index in [0.717, 1.165) is 40.6 Å². The highest BCUT2D eigenvalue weighted by Crippen LogP contribution is 2.17. The first-order valence-electron chi connectivity index (χ1n) is 5.95. The molecule has 1 aliphatic heterocycles. The van der Waals surface area contributed by atoms with Gasteiger partial charge in [0.1, 0.15) is 0 Å². The summed E-state index contributed by atoms with van der Waals surface area (Å²) in [5, 5.41) is 6.40.